The van der Waals surface area contributed by atoms with Crippen LogP contribution in [-0.4, -0.2) is 17.0 Å². The van der Waals surface area contributed by atoms with Crippen molar-refractivity contribution in [1.29, 1.82) is 0 Å². The highest BCUT2D eigenvalue weighted by molar-refractivity contribution is 5.94. The van der Waals surface area contributed by atoms with Crippen molar-refractivity contribution in [1.82, 2.24) is 5.32 Å². The lowest BCUT2D eigenvalue weighted by atomic mass is 10.1. The zero-order chi connectivity index (χ0) is 17.0. The summed E-state index contributed by atoms with van der Waals surface area (Å²) < 4.78 is 31.3. The number of benzene rings is 1. The zero-order valence-corrected chi connectivity index (χ0v) is 12.0. The summed E-state index contributed by atoms with van der Waals surface area (Å²) in [5, 5.41) is 11.4. The Kier molecular flexibility index (Phi) is 4.90. The number of rotatable bonds is 5. The molecule has 1 aromatic carbocycles. The van der Waals surface area contributed by atoms with Gasteiger partial charge < -0.3 is 14.8 Å². The van der Waals surface area contributed by atoms with E-state index in [1.54, 1.807) is 19.1 Å². The van der Waals surface area contributed by atoms with Crippen molar-refractivity contribution in [2.45, 2.75) is 13.0 Å². The molecule has 1 amide bonds. The lowest BCUT2D eigenvalue weighted by Gasteiger charge is -2.13. The number of carboxylic acids is 1. The van der Waals surface area contributed by atoms with E-state index < -0.39 is 29.6 Å². The molecule has 0 saturated carbocycles. The number of carbonyl (C=O) groups is 2. The fraction of sp³-hybridized carbons (Fsp3) is 0.125. The first-order valence-electron chi connectivity index (χ1n) is 6.59. The van der Waals surface area contributed by atoms with Crippen molar-refractivity contribution in [2.75, 3.05) is 0 Å². The van der Waals surface area contributed by atoms with Gasteiger partial charge in [-0.25, -0.2) is 13.6 Å². The summed E-state index contributed by atoms with van der Waals surface area (Å²) in [5.41, 5.74) is -0.0769. The van der Waals surface area contributed by atoms with Gasteiger partial charge in [-0.05, 0) is 42.8 Å². The normalized spacial score (nSPS) is 12.3. The van der Waals surface area contributed by atoms with E-state index in [0.29, 0.717) is 11.5 Å². The van der Waals surface area contributed by atoms with E-state index in [4.69, 9.17) is 9.52 Å². The molecule has 0 fully saturated rings. The van der Waals surface area contributed by atoms with E-state index in [2.05, 4.69) is 5.32 Å². The smallest absolute Gasteiger partial charge is 0.330 e. The minimum absolute atomic E-state index is 0.0769. The lowest BCUT2D eigenvalue weighted by Crippen LogP contribution is -2.32. The molecule has 0 aliphatic carbocycles. The first kappa shape index (κ1) is 16.4. The molecule has 1 atom stereocenters. The third kappa shape index (κ3) is 4.26. The molecule has 0 aliphatic rings. The number of aryl methyl sites for hydroxylation is 1. The van der Waals surface area contributed by atoms with Gasteiger partial charge in [-0.1, -0.05) is 6.07 Å². The van der Waals surface area contributed by atoms with E-state index in [1.165, 1.54) is 6.08 Å². The van der Waals surface area contributed by atoms with Gasteiger partial charge in [-0.2, -0.15) is 0 Å². The third-order valence-electron chi connectivity index (χ3n) is 2.97. The van der Waals surface area contributed by atoms with Gasteiger partial charge in [-0.3, -0.25) is 4.79 Å². The molecular formula is C16H13F2NO4. The fourth-order valence-electron chi connectivity index (χ4n) is 1.87. The number of amides is 1. The molecule has 0 bridgehead atoms. The Bertz CT molecular complexity index is 767. The summed E-state index contributed by atoms with van der Waals surface area (Å²) in [4.78, 5) is 23.0. The second kappa shape index (κ2) is 6.87. The molecule has 1 heterocycles. The average Bonchev–Trinajstić information content (AvgIpc) is 2.91. The number of carboxylic acid groups (broad SMARTS) is 1. The van der Waals surface area contributed by atoms with Crippen molar-refractivity contribution in [3.8, 4) is 0 Å². The summed E-state index contributed by atoms with van der Waals surface area (Å²) >= 11 is 0. The summed E-state index contributed by atoms with van der Waals surface area (Å²) in [6.07, 6.45) is 2.46. The molecule has 1 unspecified atom stereocenters. The van der Waals surface area contributed by atoms with E-state index >= 15 is 0 Å². The van der Waals surface area contributed by atoms with Gasteiger partial charge in [0.2, 0.25) is 5.91 Å². The predicted molar refractivity (Wildman–Crippen MR) is 77.4 cm³/mol. The summed E-state index contributed by atoms with van der Waals surface area (Å²) in [7, 11) is 0. The van der Waals surface area contributed by atoms with Crippen molar-refractivity contribution >= 4 is 18.0 Å². The van der Waals surface area contributed by atoms with Crippen LogP contribution in [0.15, 0.2) is 40.8 Å². The average molecular weight is 321 g/mol. The van der Waals surface area contributed by atoms with Crippen molar-refractivity contribution in [3.05, 3.63) is 65.1 Å². The second-order valence-electron chi connectivity index (χ2n) is 4.74. The molecule has 120 valence electrons. The number of furan rings is 1. The van der Waals surface area contributed by atoms with Crippen molar-refractivity contribution in [2.24, 2.45) is 0 Å². The maximum atomic E-state index is 13.2. The first-order valence-corrected chi connectivity index (χ1v) is 6.59. The van der Waals surface area contributed by atoms with Crippen LogP contribution in [0.3, 0.4) is 0 Å². The largest absolute Gasteiger partial charge is 0.479 e. The van der Waals surface area contributed by atoms with Gasteiger partial charge in [0.25, 0.3) is 0 Å². The Hall–Kier alpha value is -2.96. The van der Waals surface area contributed by atoms with Crippen LogP contribution in [0, 0.1) is 18.6 Å². The summed E-state index contributed by atoms with van der Waals surface area (Å²) in [5.74, 6) is -3.31. The minimum Gasteiger partial charge on any atom is -0.479 e. The van der Waals surface area contributed by atoms with Crippen LogP contribution in [-0.2, 0) is 9.59 Å². The Labute approximate surface area is 130 Å². The Morgan fingerprint density at radius 2 is 1.96 bits per heavy atom. The molecule has 5 nitrogen and oxygen atoms in total. The number of halogens is 2. The first-order chi connectivity index (χ1) is 10.9. The van der Waals surface area contributed by atoms with E-state index in [-0.39, 0.29) is 5.56 Å². The van der Waals surface area contributed by atoms with Crippen LogP contribution >= 0.6 is 0 Å². The topological polar surface area (TPSA) is 79.5 Å². The van der Waals surface area contributed by atoms with Crippen LogP contribution in [0.4, 0.5) is 8.78 Å². The quantitative estimate of drug-likeness (QED) is 0.830. The molecule has 0 spiro atoms. The minimum atomic E-state index is -1.50. The molecule has 2 aromatic rings. The van der Waals surface area contributed by atoms with Crippen LogP contribution in [0.1, 0.15) is 23.1 Å². The maximum absolute atomic E-state index is 13.2. The van der Waals surface area contributed by atoms with E-state index in [1.807, 2.05) is 0 Å². The highest BCUT2D eigenvalue weighted by atomic mass is 19.2. The number of aliphatic carboxylic acids is 1. The van der Waals surface area contributed by atoms with Gasteiger partial charge in [0, 0.05) is 6.08 Å². The second-order valence-corrected chi connectivity index (χ2v) is 4.74. The highest BCUT2D eigenvalue weighted by Gasteiger charge is 2.22. The Morgan fingerprint density at radius 3 is 2.52 bits per heavy atom. The highest BCUT2D eigenvalue weighted by Crippen LogP contribution is 2.17. The monoisotopic (exact) mass is 321 g/mol. The van der Waals surface area contributed by atoms with Crippen LogP contribution in [0.25, 0.3) is 6.08 Å². The molecule has 1 aromatic heterocycles. The number of hydrogen-bond donors (Lipinski definition) is 2. The van der Waals surface area contributed by atoms with Gasteiger partial charge in [0.05, 0.1) is 0 Å². The lowest BCUT2D eigenvalue weighted by molar-refractivity contribution is -0.141. The van der Waals surface area contributed by atoms with Gasteiger partial charge in [0.15, 0.2) is 17.7 Å². The molecule has 2 N–H and O–H groups in total. The van der Waals surface area contributed by atoms with Crippen LogP contribution in [0.5, 0.6) is 0 Å². The maximum Gasteiger partial charge on any atom is 0.330 e. The Morgan fingerprint density at radius 1 is 1.22 bits per heavy atom. The van der Waals surface area contributed by atoms with Crippen molar-refractivity contribution < 1.29 is 27.9 Å². The van der Waals surface area contributed by atoms with Crippen molar-refractivity contribution in [3.63, 3.8) is 0 Å². The predicted octanol–water partition coefficient (Wildman–Crippen LogP) is 2.82. The zero-order valence-electron chi connectivity index (χ0n) is 12.0. The van der Waals surface area contributed by atoms with Gasteiger partial charge in [-0.15, -0.1) is 0 Å². The van der Waals surface area contributed by atoms with Crippen LogP contribution < -0.4 is 5.32 Å². The van der Waals surface area contributed by atoms with E-state index in [9.17, 15) is 18.4 Å². The van der Waals surface area contributed by atoms with Gasteiger partial charge >= 0.3 is 5.97 Å². The molecule has 7 heteroatoms. The Balaban J connectivity index is 2.12. The summed E-state index contributed by atoms with van der Waals surface area (Å²) in [6.45, 7) is 1.74. The fourth-order valence-corrected chi connectivity index (χ4v) is 1.87. The number of carbonyl (C=O) groups excluding carboxylic acids is 1. The summed E-state index contributed by atoms with van der Waals surface area (Å²) in [6, 6.07) is 4.47. The molecule has 0 saturated heterocycles. The van der Waals surface area contributed by atoms with Crippen LogP contribution in [0.2, 0.25) is 0 Å². The molecular weight excluding hydrogens is 308 g/mol. The standard InChI is InChI=1S/C16H13F2NO4/c1-9-2-4-11(23-9)5-7-14(20)19-15(16(21)22)10-3-6-12(17)13(18)8-10/h2-8,15H,1H3,(H,19,20)(H,21,22)/b7-5+. The third-order valence-corrected chi connectivity index (χ3v) is 2.97. The van der Waals surface area contributed by atoms with E-state index in [0.717, 1.165) is 24.3 Å². The SMILES string of the molecule is Cc1ccc(/C=C/C(=O)NC(C(=O)O)c2ccc(F)c(F)c2)o1. The molecule has 0 radical (unpaired) electrons. The molecule has 2 rings (SSSR count). The number of nitrogens with one attached hydrogen (secondary N) is 1. The molecule has 23 heavy (non-hydrogen) atoms. The number of hydrogen-bond acceptors (Lipinski definition) is 3. The van der Waals surface area contributed by atoms with Gasteiger partial charge in [0.1, 0.15) is 11.5 Å². The molecule has 0 aliphatic heterocycles.